The summed E-state index contributed by atoms with van der Waals surface area (Å²) < 4.78 is 1.66. The third kappa shape index (κ3) is 3.64. The van der Waals surface area contributed by atoms with E-state index in [1.165, 1.54) is 6.33 Å². The largest absolute Gasteiger partial charge is 0.330 e. The zero-order valence-electron chi connectivity index (χ0n) is 11.5. The van der Waals surface area contributed by atoms with Gasteiger partial charge in [0.1, 0.15) is 12.7 Å². The molecule has 0 radical (unpaired) electrons. The predicted molar refractivity (Wildman–Crippen MR) is 77.4 cm³/mol. The minimum absolute atomic E-state index is 0.0203. The van der Waals surface area contributed by atoms with Crippen LogP contribution in [-0.4, -0.2) is 27.2 Å². The summed E-state index contributed by atoms with van der Waals surface area (Å²) in [6.07, 6.45) is 4.77. The Morgan fingerprint density at radius 3 is 2.75 bits per heavy atom. The van der Waals surface area contributed by atoms with E-state index < -0.39 is 0 Å². The number of carbonyl (C=O) groups is 1. The van der Waals surface area contributed by atoms with Crippen LogP contribution in [0.5, 0.6) is 0 Å². The van der Waals surface area contributed by atoms with Crippen molar-refractivity contribution in [1.29, 1.82) is 0 Å². The molecule has 1 atom stereocenters. The fraction of sp³-hybridized carbons (Fsp3) is 0.357. The second-order valence-corrected chi connectivity index (χ2v) is 4.71. The topological polar surface area (TPSA) is 85.8 Å². The van der Waals surface area contributed by atoms with Crippen molar-refractivity contribution >= 4 is 11.6 Å². The fourth-order valence-electron chi connectivity index (χ4n) is 1.86. The van der Waals surface area contributed by atoms with Crippen LogP contribution in [0.3, 0.4) is 0 Å². The van der Waals surface area contributed by atoms with Crippen LogP contribution in [0, 0.1) is 5.92 Å². The van der Waals surface area contributed by atoms with E-state index in [2.05, 4.69) is 15.4 Å². The van der Waals surface area contributed by atoms with Crippen molar-refractivity contribution in [3.63, 3.8) is 0 Å². The van der Waals surface area contributed by atoms with Crippen LogP contribution in [0.4, 0.5) is 5.69 Å². The molecule has 1 heterocycles. The lowest BCUT2D eigenvalue weighted by Gasteiger charge is -2.12. The summed E-state index contributed by atoms with van der Waals surface area (Å²) in [6.45, 7) is 2.53. The van der Waals surface area contributed by atoms with Crippen LogP contribution in [0.1, 0.15) is 19.8 Å². The highest BCUT2D eigenvalue weighted by Crippen LogP contribution is 2.14. The summed E-state index contributed by atoms with van der Waals surface area (Å²) >= 11 is 0. The first-order valence-electron chi connectivity index (χ1n) is 6.66. The maximum Gasteiger partial charge on any atom is 0.227 e. The summed E-state index contributed by atoms with van der Waals surface area (Å²) in [6, 6.07) is 7.47. The molecule has 0 bridgehead atoms. The molecule has 6 heteroatoms. The lowest BCUT2D eigenvalue weighted by Crippen LogP contribution is -2.21. The lowest BCUT2D eigenvalue weighted by atomic mass is 10.0. The van der Waals surface area contributed by atoms with E-state index in [4.69, 9.17) is 5.73 Å². The number of hydrogen-bond donors (Lipinski definition) is 2. The fourth-order valence-corrected chi connectivity index (χ4v) is 1.86. The molecule has 20 heavy (non-hydrogen) atoms. The normalized spacial score (nSPS) is 12.1. The molecule has 0 spiro atoms. The molecule has 0 saturated heterocycles. The molecule has 106 valence electrons. The van der Waals surface area contributed by atoms with Gasteiger partial charge in [0.2, 0.25) is 5.91 Å². The molecular weight excluding hydrogens is 254 g/mol. The number of nitrogens with one attached hydrogen (secondary N) is 1. The first-order chi connectivity index (χ1) is 9.70. The molecule has 2 aromatic rings. The standard InChI is InChI=1S/C14H19N5O/c1-11(3-2-8-15)14(20)18-12-4-6-13(7-5-12)19-10-16-9-17-19/h4-7,9-11H,2-3,8,15H2,1H3,(H,18,20). The minimum Gasteiger partial charge on any atom is -0.330 e. The van der Waals surface area contributed by atoms with Gasteiger partial charge in [0.15, 0.2) is 0 Å². The number of anilines is 1. The van der Waals surface area contributed by atoms with Crippen molar-refractivity contribution < 1.29 is 4.79 Å². The highest BCUT2D eigenvalue weighted by Gasteiger charge is 2.12. The van der Waals surface area contributed by atoms with Gasteiger partial charge in [-0.25, -0.2) is 9.67 Å². The second kappa shape index (κ2) is 6.81. The zero-order valence-corrected chi connectivity index (χ0v) is 11.5. The number of nitrogens with zero attached hydrogens (tertiary/aromatic N) is 3. The van der Waals surface area contributed by atoms with Crippen LogP contribution in [0.15, 0.2) is 36.9 Å². The SMILES string of the molecule is CC(CCCN)C(=O)Nc1ccc(-n2cncn2)cc1. The second-order valence-electron chi connectivity index (χ2n) is 4.71. The molecule has 0 fully saturated rings. The van der Waals surface area contributed by atoms with Gasteiger partial charge in [0.25, 0.3) is 0 Å². The van der Waals surface area contributed by atoms with Gasteiger partial charge in [-0.1, -0.05) is 6.92 Å². The summed E-state index contributed by atoms with van der Waals surface area (Å²) in [5, 5.41) is 6.94. The smallest absolute Gasteiger partial charge is 0.227 e. The van der Waals surface area contributed by atoms with Crippen molar-refractivity contribution in [3.05, 3.63) is 36.9 Å². The first-order valence-corrected chi connectivity index (χ1v) is 6.66. The third-order valence-corrected chi connectivity index (χ3v) is 3.11. The summed E-state index contributed by atoms with van der Waals surface area (Å²) in [5.74, 6) is -0.0134. The molecule has 0 aliphatic rings. The highest BCUT2D eigenvalue weighted by molar-refractivity contribution is 5.92. The minimum atomic E-state index is -0.0338. The number of aromatic nitrogens is 3. The highest BCUT2D eigenvalue weighted by atomic mass is 16.1. The lowest BCUT2D eigenvalue weighted by molar-refractivity contribution is -0.119. The average molecular weight is 273 g/mol. The Morgan fingerprint density at radius 2 is 2.15 bits per heavy atom. The average Bonchev–Trinajstić information content (AvgIpc) is 2.99. The Bertz CT molecular complexity index is 535. The van der Waals surface area contributed by atoms with Crippen molar-refractivity contribution in [2.75, 3.05) is 11.9 Å². The number of nitrogens with two attached hydrogens (primary N) is 1. The molecule has 1 unspecified atom stereocenters. The number of carbonyl (C=O) groups excluding carboxylic acids is 1. The van der Waals surface area contributed by atoms with Crippen molar-refractivity contribution in [1.82, 2.24) is 14.8 Å². The molecule has 0 aliphatic carbocycles. The molecule has 1 amide bonds. The van der Waals surface area contributed by atoms with Gasteiger partial charge in [0, 0.05) is 11.6 Å². The van der Waals surface area contributed by atoms with E-state index >= 15 is 0 Å². The van der Waals surface area contributed by atoms with Gasteiger partial charge < -0.3 is 11.1 Å². The van der Waals surface area contributed by atoms with Gasteiger partial charge >= 0.3 is 0 Å². The van der Waals surface area contributed by atoms with Crippen molar-refractivity contribution in [3.8, 4) is 5.69 Å². The van der Waals surface area contributed by atoms with Gasteiger partial charge in [-0.05, 0) is 43.7 Å². The molecule has 0 saturated carbocycles. The first kappa shape index (κ1) is 14.2. The molecule has 0 aliphatic heterocycles. The van der Waals surface area contributed by atoms with E-state index in [-0.39, 0.29) is 11.8 Å². The molecule has 2 rings (SSSR count). The van der Waals surface area contributed by atoms with E-state index in [0.29, 0.717) is 6.54 Å². The summed E-state index contributed by atoms with van der Waals surface area (Å²) in [4.78, 5) is 15.8. The predicted octanol–water partition coefficient (Wildman–Crippen LogP) is 1.58. The zero-order chi connectivity index (χ0) is 14.4. The Balaban J connectivity index is 1.95. The maximum atomic E-state index is 12.0. The van der Waals surface area contributed by atoms with Gasteiger partial charge in [-0.15, -0.1) is 0 Å². The van der Waals surface area contributed by atoms with Crippen LogP contribution < -0.4 is 11.1 Å². The third-order valence-electron chi connectivity index (χ3n) is 3.11. The quantitative estimate of drug-likeness (QED) is 0.836. The van der Waals surface area contributed by atoms with Gasteiger partial charge in [-0.2, -0.15) is 5.10 Å². The van der Waals surface area contributed by atoms with Crippen LogP contribution in [-0.2, 0) is 4.79 Å². The Morgan fingerprint density at radius 1 is 1.40 bits per heavy atom. The van der Waals surface area contributed by atoms with Gasteiger partial charge in [-0.3, -0.25) is 4.79 Å². The van der Waals surface area contributed by atoms with E-state index in [9.17, 15) is 4.79 Å². The Kier molecular flexibility index (Phi) is 4.84. The monoisotopic (exact) mass is 273 g/mol. The summed E-state index contributed by atoms with van der Waals surface area (Å²) in [5.41, 5.74) is 7.12. The van der Waals surface area contributed by atoms with E-state index in [1.807, 2.05) is 31.2 Å². The molecule has 1 aromatic heterocycles. The number of amides is 1. The van der Waals surface area contributed by atoms with Crippen LogP contribution >= 0.6 is 0 Å². The number of rotatable bonds is 6. The van der Waals surface area contributed by atoms with Crippen LogP contribution in [0.25, 0.3) is 5.69 Å². The molecule has 6 nitrogen and oxygen atoms in total. The Hall–Kier alpha value is -2.21. The molecular formula is C14H19N5O. The molecule has 1 aromatic carbocycles. The van der Waals surface area contributed by atoms with Crippen molar-refractivity contribution in [2.45, 2.75) is 19.8 Å². The number of hydrogen-bond acceptors (Lipinski definition) is 4. The van der Waals surface area contributed by atoms with Crippen LogP contribution in [0.2, 0.25) is 0 Å². The summed E-state index contributed by atoms with van der Waals surface area (Å²) in [7, 11) is 0. The van der Waals surface area contributed by atoms with Crippen molar-refractivity contribution in [2.24, 2.45) is 11.7 Å². The van der Waals surface area contributed by atoms with Gasteiger partial charge in [0.05, 0.1) is 5.69 Å². The van der Waals surface area contributed by atoms with E-state index in [1.54, 1.807) is 11.0 Å². The van der Waals surface area contributed by atoms with E-state index in [0.717, 1.165) is 24.2 Å². The molecule has 3 N–H and O–H groups in total. The number of benzene rings is 1. The Labute approximate surface area is 118 Å². The maximum absolute atomic E-state index is 12.0.